The van der Waals surface area contributed by atoms with Crippen LogP contribution in [0.4, 0.5) is 0 Å². The zero-order chi connectivity index (χ0) is 13.9. The van der Waals surface area contributed by atoms with E-state index in [4.69, 9.17) is 4.74 Å². The van der Waals surface area contributed by atoms with Gasteiger partial charge in [-0.3, -0.25) is 9.59 Å². The van der Waals surface area contributed by atoms with Gasteiger partial charge >= 0.3 is 5.97 Å². The number of ether oxygens (including phenoxy) is 1. The summed E-state index contributed by atoms with van der Waals surface area (Å²) in [5, 5.41) is 10.4. The maximum absolute atomic E-state index is 12.3. The van der Waals surface area contributed by atoms with Crippen molar-refractivity contribution in [2.45, 2.75) is 52.2 Å². The molecule has 0 unspecified atom stereocenters. The second kappa shape index (κ2) is 3.92. The van der Waals surface area contributed by atoms with E-state index in [0.717, 1.165) is 17.6 Å². The van der Waals surface area contributed by atoms with Crippen LogP contribution in [-0.2, 0) is 14.3 Å². The van der Waals surface area contributed by atoms with Crippen molar-refractivity contribution in [3.05, 3.63) is 11.1 Å². The third-order valence-corrected chi connectivity index (χ3v) is 5.28. The Bertz CT molecular complexity index is 492. The Morgan fingerprint density at radius 3 is 2.68 bits per heavy atom. The van der Waals surface area contributed by atoms with Crippen LogP contribution in [0.3, 0.4) is 0 Å². The maximum Gasteiger partial charge on any atom is 0.309 e. The first-order chi connectivity index (χ1) is 8.86. The summed E-state index contributed by atoms with van der Waals surface area (Å²) in [7, 11) is 0. The van der Waals surface area contributed by atoms with Crippen molar-refractivity contribution in [3.8, 4) is 0 Å². The molecule has 19 heavy (non-hydrogen) atoms. The van der Waals surface area contributed by atoms with Crippen LogP contribution in [0.5, 0.6) is 0 Å². The van der Waals surface area contributed by atoms with Gasteiger partial charge in [0.2, 0.25) is 0 Å². The van der Waals surface area contributed by atoms with E-state index < -0.39 is 17.6 Å². The molecule has 3 aliphatic rings. The van der Waals surface area contributed by atoms with E-state index in [1.54, 1.807) is 6.92 Å². The lowest BCUT2D eigenvalue weighted by Crippen LogP contribution is -2.51. The fraction of sp³-hybridized carbons (Fsp3) is 0.733. The highest BCUT2D eigenvalue weighted by atomic mass is 16.6. The summed E-state index contributed by atoms with van der Waals surface area (Å²) in [6.07, 6.45) is 0.644. The van der Waals surface area contributed by atoms with Crippen LogP contribution in [0.25, 0.3) is 0 Å². The van der Waals surface area contributed by atoms with Crippen molar-refractivity contribution in [1.29, 1.82) is 0 Å². The summed E-state index contributed by atoms with van der Waals surface area (Å²) < 4.78 is 5.49. The topological polar surface area (TPSA) is 63.6 Å². The maximum atomic E-state index is 12.3. The van der Waals surface area contributed by atoms with E-state index in [9.17, 15) is 14.7 Å². The van der Waals surface area contributed by atoms with Crippen molar-refractivity contribution >= 4 is 11.8 Å². The number of fused-ring (bicyclic) bond motifs is 3. The summed E-state index contributed by atoms with van der Waals surface area (Å²) in [6, 6.07) is 0. The third kappa shape index (κ3) is 1.55. The molecule has 0 amide bonds. The minimum atomic E-state index is -0.646. The number of rotatable bonds is 0. The second-order valence-corrected chi connectivity index (χ2v) is 6.44. The van der Waals surface area contributed by atoms with Gasteiger partial charge in [-0.25, -0.2) is 0 Å². The summed E-state index contributed by atoms with van der Waals surface area (Å²) in [5.74, 6) is -0.573. The molecule has 0 spiro atoms. The van der Waals surface area contributed by atoms with Crippen molar-refractivity contribution < 1.29 is 19.4 Å². The van der Waals surface area contributed by atoms with E-state index >= 15 is 0 Å². The van der Waals surface area contributed by atoms with E-state index in [1.807, 2.05) is 13.8 Å². The number of esters is 1. The standard InChI is InChI=1S/C15H20O4/c1-7-4-5-10(17)15(3)6-9(16)11-8(2)14(18)19-13(11)12(7)15/h8-9,11,13,16H,4-6H2,1-3H3/t8-,9-,11+,13-,15-/m1/s1. The molecule has 1 aliphatic heterocycles. The van der Waals surface area contributed by atoms with Crippen LogP contribution in [0.2, 0.25) is 0 Å². The highest BCUT2D eigenvalue weighted by Gasteiger charge is 2.59. The van der Waals surface area contributed by atoms with Gasteiger partial charge in [-0.05, 0) is 32.3 Å². The molecule has 5 atom stereocenters. The zero-order valence-corrected chi connectivity index (χ0v) is 11.6. The molecule has 0 aromatic carbocycles. The van der Waals surface area contributed by atoms with E-state index in [-0.39, 0.29) is 23.6 Å². The number of aliphatic hydroxyl groups is 1. The zero-order valence-electron chi connectivity index (χ0n) is 11.6. The smallest absolute Gasteiger partial charge is 0.309 e. The monoisotopic (exact) mass is 264 g/mol. The van der Waals surface area contributed by atoms with Crippen molar-refractivity contribution in [3.63, 3.8) is 0 Å². The fourth-order valence-corrected chi connectivity index (χ4v) is 4.18. The number of carbonyl (C=O) groups excluding carboxylic acids is 2. The van der Waals surface area contributed by atoms with Crippen LogP contribution >= 0.6 is 0 Å². The second-order valence-electron chi connectivity index (χ2n) is 6.44. The molecule has 1 N–H and O–H groups in total. The molecule has 2 fully saturated rings. The molecule has 1 heterocycles. The SMILES string of the molecule is CC1=C2[C@@H]3OC(=O)[C@H](C)[C@H]3[C@H](O)C[C@]2(C)C(=O)CC1. The van der Waals surface area contributed by atoms with Gasteiger partial charge in [-0.2, -0.15) is 0 Å². The number of aliphatic hydroxyl groups excluding tert-OH is 1. The molecular weight excluding hydrogens is 244 g/mol. The lowest BCUT2D eigenvalue weighted by atomic mass is 9.58. The molecular formula is C15H20O4. The Hall–Kier alpha value is -1.16. The first-order valence-electron chi connectivity index (χ1n) is 6.98. The van der Waals surface area contributed by atoms with Crippen LogP contribution < -0.4 is 0 Å². The molecule has 4 nitrogen and oxygen atoms in total. The van der Waals surface area contributed by atoms with Gasteiger partial charge in [-0.1, -0.05) is 12.5 Å². The molecule has 2 aliphatic carbocycles. The summed E-state index contributed by atoms with van der Waals surface area (Å²) in [6.45, 7) is 5.72. The lowest BCUT2D eigenvalue weighted by molar-refractivity contribution is -0.145. The number of hydrogen-bond acceptors (Lipinski definition) is 4. The predicted octanol–water partition coefficient (Wildman–Crippen LogP) is 1.61. The van der Waals surface area contributed by atoms with Gasteiger partial charge in [0.25, 0.3) is 0 Å². The first-order valence-corrected chi connectivity index (χ1v) is 6.98. The average Bonchev–Trinajstić information content (AvgIpc) is 2.61. The van der Waals surface area contributed by atoms with Crippen molar-refractivity contribution in [2.75, 3.05) is 0 Å². The molecule has 4 heteroatoms. The molecule has 3 rings (SSSR count). The number of Topliss-reactive ketones (excluding diaryl/α,β-unsaturated/α-hetero) is 1. The predicted molar refractivity (Wildman–Crippen MR) is 68.2 cm³/mol. The summed E-state index contributed by atoms with van der Waals surface area (Å²) in [5.41, 5.74) is 1.48. The fourth-order valence-electron chi connectivity index (χ4n) is 4.18. The Balaban J connectivity index is 2.12. The van der Waals surface area contributed by atoms with Crippen molar-refractivity contribution in [2.24, 2.45) is 17.3 Å². The highest BCUT2D eigenvalue weighted by molar-refractivity contribution is 5.90. The largest absolute Gasteiger partial charge is 0.457 e. The van der Waals surface area contributed by atoms with Gasteiger partial charge in [0.1, 0.15) is 11.9 Å². The number of allylic oxidation sites excluding steroid dienone is 1. The normalized spacial score (nSPS) is 45.9. The van der Waals surface area contributed by atoms with E-state index in [0.29, 0.717) is 12.8 Å². The first kappa shape index (κ1) is 12.9. The molecule has 0 bridgehead atoms. The van der Waals surface area contributed by atoms with Crippen LogP contribution in [0.15, 0.2) is 11.1 Å². The molecule has 104 valence electrons. The van der Waals surface area contributed by atoms with Crippen LogP contribution in [0, 0.1) is 17.3 Å². The Morgan fingerprint density at radius 2 is 2.00 bits per heavy atom. The quantitative estimate of drug-likeness (QED) is 0.533. The number of ketones is 1. The Morgan fingerprint density at radius 1 is 1.32 bits per heavy atom. The number of hydrogen-bond donors (Lipinski definition) is 1. The van der Waals surface area contributed by atoms with Crippen molar-refractivity contribution in [1.82, 2.24) is 0 Å². The van der Waals surface area contributed by atoms with Crippen LogP contribution in [0.1, 0.15) is 40.0 Å². The van der Waals surface area contributed by atoms with Gasteiger partial charge in [-0.15, -0.1) is 0 Å². The van der Waals surface area contributed by atoms with Gasteiger partial charge < -0.3 is 9.84 Å². The molecule has 0 aromatic rings. The summed E-state index contributed by atoms with van der Waals surface area (Å²) >= 11 is 0. The van der Waals surface area contributed by atoms with E-state index in [1.165, 1.54) is 0 Å². The Kier molecular flexibility index (Phi) is 2.65. The van der Waals surface area contributed by atoms with Crippen LogP contribution in [-0.4, -0.2) is 29.1 Å². The summed E-state index contributed by atoms with van der Waals surface area (Å²) in [4.78, 5) is 24.1. The van der Waals surface area contributed by atoms with Gasteiger partial charge in [0.05, 0.1) is 17.4 Å². The lowest BCUT2D eigenvalue weighted by Gasteiger charge is -2.46. The highest BCUT2D eigenvalue weighted by Crippen LogP contribution is 2.54. The third-order valence-electron chi connectivity index (χ3n) is 5.28. The van der Waals surface area contributed by atoms with Gasteiger partial charge in [0.15, 0.2) is 0 Å². The van der Waals surface area contributed by atoms with Gasteiger partial charge in [0, 0.05) is 12.3 Å². The molecule has 1 saturated carbocycles. The molecule has 1 saturated heterocycles. The molecule has 0 aromatic heterocycles. The number of carbonyl (C=O) groups is 2. The molecule has 0 radical (unpaired) electrons. The van der Waals surface area contributed by atoms with E-state index in [2.05, 4.69) is 0 Å². The minimum absolute atomic E-state index is 0.168. The average molecular weight is 264 g/mol. The Labute approximate surface area is 112 Å². The minimum Gasteiger partial charge on any atom is -0.457 e.